The summed E-state index contributed by atoms with van der Waals surface area (Å²) in [4.78, 5) is 12.6. The fourth-order valence-corrected chi connectivity index (χ4v) is 2.50. The molecule has 21 heavy (non-hydrogen) atoms. The average Bonchev–Trinajstić information content (AvgIpc) is 2.48. The second kappa shape index (κ2) is 6.04. The molecular weight excluding hydrogens is 266 g/mol. The first kappa shape index (κ1) is 15.2. The van der Waals surface area contributed by atoms with E-state index in [4.69, 9.17) is 9.47 Å². The van der Waals surface area contributed by atoms with E-state index < -0.39 is 0 Å². The molecule has 0 amide bonds. The van der Waals surface area contributed by atoms with E-state index in [2.05, 4.69) is 0 Å². The van der Waals surface area contributed by atoms with Crippen LogP contribution in [0.25, 0.3) is 10.9 Å². The number of hydrogen-bond donors (Lipinski definition) is 0. The Morgan fingerprint density at radius 3 is 2.52 bits per heavy atom. The van der Waals surface area contributed by atoms with Crippen LogP contribution in [0.15, 0.2) is 34.6 Å². The van der Waals surface area contributed by atoms with Gasteiger partial charge >= 0.3 is 0 Å². The van der Waals surface area contributed by atoms with Crippen LogP contribution in [-0.2, 0) is 13.5 Å². The number of pyridine rings is 1. The predicted octanol–water partition coefficient (Wildman–Crippen LogP) is 3.06. The molecule has 0 saturated carbocycles. The molecule has 0 aliphatic heterocycles. The molecule has 0 atom stereocenters. The maximum atomic E-state index is 12.6. The standard InChI is InChI=1S/C17H21NO3/c1-11(2)9-10-13-16(21-5)12-7-6-8-14(20-4)15(12)18(3)17(13)19/h6-9H,10H2,1-5H3. The van der Waals surface area contributed by atoms with Crippen LogP contribution in [0, 0.1) is 0 Å². The Hall–Kier alpha value is -2.23. The lowest BCUT2D eigenvalue weighted by Crippen LogP contribution is -2.22. The molecule has 0 N–H and O–H groups in total. The van der Waals surface area contributed by atoms with Gasteiger partial charge in [-0.05, 0) is 32.4 Å². The van der Waals surface area contributed by atoms with Gasteiger partial charge in [0.15, 0.2) is 0 Å². The Bertz CT molecular complexity index is 753. The minimum Gasteiger partial charge on any atom is -0.496 e. The Morgan fingerprint density at radius 2 is 1.95 bits per heavy atom. The number of fused-ring (bicyclic) bond motifs is 1. The third-order valence-corrected chi connectivity index (χ3v) is 3.55. The quantitative estimate of drug-likeness (QED) is 0.811. The number of rotatable bonds is 4. The van der Waals surface area contributed by atoms with Crippen molar-refractivity contribution in [3.63, 3.8) is 0 Å². The summed E-state index contributed by atoms with van der Waals surface area (Å²) in [5.74, 6) is 1.30. The summed E-state index contributed by atoms with van der Waals surface area (Å²) in [6.45, 7) is 4.03. The van der Waals surface area contributed by atoms with Gasteiger partial charge in [-0.15, -0.1) is 0 Å². The van der Waals surface area contributed by atoms with Gasteiger partial charge in [0.2, 0.25) is 0 Å². The van der Waals surface area contributed by atoms with Crippen molar-refractivity contribution in [3.05, 3.63) is 45.8 Å². The summed E-state index contributed by atoms with van der Waals surface area (Å²) in [5, 5.41) is 0.885. The second-order valence-electron chi connectivity index (χ2n) is 5.22. The first-order valence-corrected chi connectivity index (χ1v) is 6.87. The highest BCUT2D eigenvalue weighted by Crippen LogP contribution is 2.32. The van der Waals surface area contributed by atoms with E-state index in [1.54, 1.807) is 25.8 Å². The Labute approximate surface area is 124 Å². The summed E-state index contributed by atoms with van der Waals surface area (Å²) in [5.41, 5.74) is 2.54. The highest BCUT2D eigenvalue weighted by atomic mass is 16.5. The number of aromatic nitrogens is 1. The third-order valence-electron chi connectivity index (χ3n) is 3.55. The molecule has 0 aliphatic carbocycles. The molecule has 0 aliphatic rings. The summed E-state index contributed by atoms with van der Waals surface area (Å²) < 4.78 is 12.5. The molecule has 0 bridgehead atoms. The highest BCUT2D eigenvalue weighted by molar-refractivity contribution is 5.91. The largest absolute Gasteiger partial charge is 0.496 e. The van der Waals surface area contributed by atoms with E-state index in [1.807, 2.05) is 38.1 Å². The van der Waals surface area contributed by atoms with Gasteiger partial charge < -0.3 is 14.0 Å². The molecule has 0 radical (unpaired) electrons. The van der Waals surface area contributed by atoms with Gasteiger partial charge in [-0.3, -0.25) is 4.79 Å². The van der Waals surface area contributed by atoms with Crippen molar-refractivity contribution in [3.8, 4) is 11.5 Å². The lowest BCUT2D eigenvalue weighted by atomic mass is 10.1. The molecule has 0 spiro atoms. The molecule has 1 aromatic heterocycles. The third kappa shape index (κ3) is 2.66. The van der Waals surface area contributed by atoms with Crippen LogP contribution in [0.3, 0.4) is 0 Å². The number of aryl methyl sites for hydroxylation is 1. The molecule has 1 heterocycles. The van der Waals surface area contributed by atoms with Crippen molar-refractivity contribution < 1.29 is 9.47 Å². The maximum absolute atomic E-state index is 12.6. The van der Waals surface area contributed by atoms with Crippen molar-refractivity contribution in [2.24, 2.45) is 7.05 Å². The van der Waals surface area contributed by atoms with Crippen LogP contribution in [0.2, 0.25) is 0 Å². The van der Waals surface area contributed by atoms with Crippen molar-refractivity contribution in [1.29, 1.82) is 0 Å². The van der Waals surface area contributed by atoms with Crippen LogP contribution in [-0.4, -0.2) is 18.8 Å². The van der Waals surface area contributed by atoms with E-state index in [1.165, 1.54) is 5.57 Å². The summed E-state index contributed by atoms with van der Waals surface area (Å²) >= 11 is 0. The molecule has 0 saturated heterocycles. The second-order valence-corrected chi connectivity index (χ2v) is 5.22. The number of benzene rings is 1. The SMILES string of the molecule is COc1c(CC=C(C)C)c(=O)n(C)c2c(OC)cccc12. The number of nitrogens with zero attached hydrogens (tertiary/aromatic N) is 1. The molecule has 4 heteroatoms. The van der Waals surface area contributed by atoms with E-state index in [0.717, 1.165) is 10.9 Å². The first-order valence-electron chi connectivity index (χ1n) is 6.87. The summed E-state index contributed by atoms with van der Waals surface area (Å²) in [7, 11) is 4.96. The highest BCUT2D eigenvalue weighted by Gasteiger charge is 2.17. The lowest BCUT2D eigenvalue weighted by molar-refractivity contribution is 0.409. The molecular formula is C17H21NO3. The van der Waals surface area contributed by atoms with Crippen LogP contribution >= 0.6 is 0 Å². The van der Waals surface area contributed by atoms with E-state index in [-0.39, 0.29) is 5.56 Å². The van der Waals surface area contributed by atoms with Crippen molar-refractivity contribution in [2.45, 2.75) is 20.3 Å². The van der Waals surface area contributed by atoms with Gasteiger partial charge in [0.05, 0.1) is 25.3 Å². The zero-order chi connectivity index (χ0) is 15.6. The maximum Gasteiger partial charge on any atom is 0.258 e. The van der Waals surface area contributed by atoms with Crippen molar-refractivity contribution in [1.82, 2.24) is 4.57 Å². The topological polar surface area (TPSA) is 40.5 Å². The van der Waals surface area contributed by atoms with Crippen LogP contribution in [0.1, 0.15) is 19.4 Å². The molecule has 2 rings (SSSR count). The Kier molecular flexibility index (Phi) is 4.36. The number of para-hydroxylation sites is 1. The van der Waals surface area contributed by atoms with E-state index in [9.17, 15) is 4.79 Å². The van der Waals surface area contributed by atoms with Gasteiger partial charge in [-0.1, -0.05) is 17.7 Å². The number of methoxy groups -OCH3 is 2. The summed E-state index contributed by atoms with van der Waals surface area (Å²) in [6.07, 6.45) is 2.59. The zero-order valence-corrected chi connectivity index (χ0v) is 13.2. The molecule has 4 nitrogen and oxygen atoms in total. The molecule has 0 unspecified atom stereocenters. The fraction of sp³-hybridized carbons (Fsp3) is 0.353. The smallest absolute Gasteiger partial charge is 0.258 e. The summed E-state index contributed by atoms with van der Waals surface area (Å²) in [6, 6.07) is 5.69. The zero-order valence-electron chi connectivity index (χ0n) is 13.2. The molecule has 0 fully saturated rings. The molecule has 112 valence electrons. The van der Waals surface area contributed by atoms with Gasteiger partial charge in [0.25, 0.3) is 5.56 Å². The molecule has 1 aromatic carbocycles. The Balaban J connectivity index is 2.86. The van der Waals surface area contributed by atoms with Crippen LogP contribution in [0.4, 0.5) is 0 Å². The van der Waals surface area contributed by atoms with Gasteiger partial charge in [-0.2, -0.15) is 0 Å². The minimum absolute atomic E-state index is 0.0543. The number of allylic oxidation sites excluding steroid dienone is 2. The van der Waals surface area contributed by atoms with Crippen molar-refractivity contribution >= 4 is 10.9 Å². The van der Waals surface area contributed by atoms with E-state index >= 15 is 0 Å². The first-order chi connectivity index (χ1) is 10.0. The predicted molar refractivity (Wildman–Crippen MR) is 85.4 cm³/mol. The van der Waals surface area contributed by atoms with E-state index in [0.29, 0.717) is 23.5 Å². The number of hydrogen-bond acceptors (Lipinski definition) is 3. The lowest BCUT2D eigenvalue weighted by Gasteiger charge is -2.16. The van der Waals surface area contributed by atoms with Crippen LogP contribution in [0.5, 0.6) is 11.5 Å². The minimum atomic E-state index is -0.0543. The normalized spacial score (nSPS) is 10.5. The monoisotopic (exact) mass is 287 g/mol. The van der Waals surface area contributed by atoms with Crippen LogP contribution < -0.4 is 15.0 Å². The van der Waals surface area contributed by atoms with Crippen molar-refractivity contribution in [2.75, 3.05) is 14.2 Å². The number of ether oxygens (including phenoxy) is 2. The van der Waals surface area contributed by atoms with Gasteiger partial charge in [0, 0.05) is 12.4 Å². The van der Waals surface area contributed by atoms with Gasteiger partial charge in [-0.25, -0.2) is 0 Å². The Morgan fingerprint density at radius 1 is 1.24 bits per heavy atom. The fourth-order valence-electron chi connectivity index (χ4n) is 2.50. The molecule has 2 aromatic rings. The average molecular weight is 287 g/mol. The van der Waals surface area contributed by atoms with Gasteiger partial charge in [0.1, 0.15) is 11.5 Å².